The van der Waals surface area contributed by atoms with Gasteiger partial charge in [-0.2, -0.15) is 0 Å². The summed E-state index contributed by atoms with van der Waals surface area (Å²) in [6, 6.07) is 4.96. The SMILES string of the molecule is O=[N+]([O-])c1cccc(S(=O)(=O)NC[C@H]2CCCO2)c1. The fourth-order valence-corrected chi connectivity index (χ4v) is 2.96. The molecule has 1 aromatic rings. The van der Waals surface area contributed by atoms with Crippen molar-refractivity contribution in [1.29, 1.82) is 0 Å². The maximum absolute atomic E-state index is 12.0. The van der Waals surface area contributed by atoms with E-state index in [9.17, 15) is 18.5 Å². The Kier molecular flexibility index (Phi) is 4.13. The average molecular weight is 286 g/mol. The van der Waals surface area contributed by atoms with Crippen molar-refractivity contribution in [2.24, 2.45) is 0 Å². The Labute approximate surface area is 110 Å². The molecule has 1 aromatic carbocycles. The van der Waals surface area contributed by atoms with Crippen molar-refractivity contribution in [2.45, 2.75) is 23.8 Å². The lowest BCUT2D eigenvalue weighted by Gasteiger charge is -2.11. The van der Waals surface area contributed by atoms with Gasteiger partial charge in [0, 0.05) is 25.3 Å². The van der Waals surface area contributed by atoms with Gasteiger partial charge in [0.25, 0.3) is 5.69 Å². The van der Waals surface area contributed by atoms with Crippen molar-refractivity contribution in [1.82, 2.24) is 4.72 Å². The second-order valence-corrected chi connectivity index (χ2v) is 6.01. The molecule has 1 aliphatic rings. The number of nitro groups is 1. The fourth-order valence-electron chi connectivity index (χ4n) is 1.86. The summed E-state index contributed by atoms with van der Waals surface area (Å²) in [4.78, 5) is 9.88. The molecule has 0 spiro atoms. The van der Waals surface area contributed by atoms with Crippen LogP contribution in [0, 0.1) is 10.1 Å². The molecule has 1 N–H and O–H groups in total. The van der Waals surface area contributed by atoms with Gasteiger partial charge in [-0.25, -0.2) is 13.1 Å². The number of hydrogen-bond donors (Lipinski definition) is 1. The van der Waals surface area contributed by atoms with Crippen LogP contribution in [0.4, 0.5) is 5.69 Å². The van der Waals surface area contributed by atoms with E-state index in [4.69, 9.17) is 4.74 Å². The number of benzene rings is 1. The zero-order chi connectivity index (χ0) is 13.9. The number of ether oxygens (including phenoxy) is 1. The second-order valence-electron chi connectivity index (χ2n) is 4.24. The molecule has 1 saturated heterocycles. The molecule has 0 aliphatic carbocycles. The van der Waals surface area contributed by atoms with Gasteiger partial charge in [0.05, 0.1) is 15.9 Å². The van der Waals surface area contributed by atoms with Crippen molar-refractivity contribution in [2.75, 3.05) is 13.2 Å². The number of nitrogens with zero attached hydrogens (tertiary/aromatic N) is 1. The minimum Gasteiger partial charge on any atom is -0.377 e. The highest BCUT2D eigenvalue weighted by molar-refractivity contribution is 7.89. The quantitative estimate of drug-likeness (QED) is 0.644. The maximum atomic E-state index is 12.0. The van der Waals surface area contributed by atoms with Crippen LogP contribution in [-0.4, -0.2) is 32.6 Å². The first-order valence-electron chi connectivity index (χ1n) is 5.85. The lowest BCUT2D eigenvalue weighted by Crippen LogP contribution is -2.31. The van der Waals surface area contributed by atoms with Gasteiger partial charge in [-0.3, -0.25) is 10.1 Å². The molecule has 0 radical (unpaired) electrons. The Morgan fingerprint density at radius 2 is 2.26 bits per heavy atom. The highest BCUT2D eigenvalue weighted by Gasteiger charge is 2.21. The predicted octanol–water partition coefficient (Wildman–Crippen LogP) is 1.05. The maximum Gasteiger partial charge on any atom is 0.270 e. The molecule has 0 unspecified atom stereocenters. The zero-order valence-electron chi connectivity index (χ0n) is 10.1. The van der Waals surface area contributed by atoms with E-state index in [2.05, 4.69) is 4.72 Å². The highest BCUT2D eigenvalue weighted by Crippen LogP contribution is 2.18. The summed E-state index contributed by atoms with van der Waals surface area (Å²) in [6.45, 7) is 0.828. The van der Waals surface area contributed by atoms with Crippen LogP contribution in [-0.2, 0) is 14.8 Å². The largest absolute Gasteiger partial charge is 0.377 e. The lowest BCUT2D eigenvalue weighted by molar-refractivity contribution is -0.385. The number of non-ortho nitro benzene ring substituents is 1. The van der Waals surface area contributed by atoms with Gasteiger partial charge in [-0.15, -0.1) is 0 Å². The summed E-state index contributed by atoms with van der Waals surface area (Å²) in [7, 11) is -3.74. The third-order valence-corrected chi connectivity index (χ3v) is 4.28. The normalized spacial score (nSPS) is 19.5. The lowest BCUT2D eigenvalue weighted by atomic mass is 10.2. The summed E-state index contributed by atoms with van der Waals surface area (Å²) in [6.07, 6.45) is 1.62. The van der Waals surface area contributed by atoms with E-state index in [0.717, 1.165) is 18.9 Å². The molecular formula is C11H14N2O5S. The molecule has 19 heavy (non-hydrogen) atoms. The molecule has 1 heterocycles. The molecule has 0 amide bonds. The molecule has 1 aliphatic heterocycles. The van der Waals surface area contributed by atoms with Gasteiger partial charge in [0.1, 0.15) is 0 Å². The fraction of sp³-hybridized carbons (Fsp3) is 0.455. The van der Waals surface area contributed by atoms with Gasteiger partial charge in [-0.05, 0) is 18.9 Å². The average Bonchev–Trinajstić information content (AvgIpc) is 2.90. The van der Waals surface area contributed by atoms with Crippen molar-refractivity contribution in [3.05, 3.63) is 34.4 Å². The smallest absolute Gasteiger partial charge is 0.270 e. The van der Waals surface area contributed by atoms with E-state index in [1.54, 1.807) is 0 Å². The monoisotopic (exact) mass is 286 g/mol. The highest BCUT2D eigenvalue weighted by atomic mass is 32.2. The molecule has 2 rings (SSSR count). The van der Waals surface area contributed by atoms with E-state index in [0.29, 0.717) is 6.61 Å². The minimum absolute atomic E-state index is 0.111. The van der Waals surface area contributed by atoms with Crippen LogP contribution in [0.5, 0.6) is 0 Å². The number of nitro benzene ring substituents is 1. The number of rotatable bonds is 5. The molecule has 8 heteroatoms. The van der Waals surface area contributed by atoms with E-state index < -0.39 is 14.9 Å². The summed E-state index contributed by atoms with van der Waals surface area (Å²) in [5, 5.41) is 10.6. The van der Waals surface area contributed by atoms with Gasteiger partial charge >= 0.3 is 0 Å². The van der Waals surface area contributed by atoms with Gasteiger partial charge in [0.2, 0.25) is 10.0 Å². The number of nitrogens with one attached hydrogen (secondary N) is 1. The Morgan fingerprint density at radius 1 is 1.47 bits per heavy atom. The molecule has 0 bridgehead atoms. The van der Waals surface area contributed by atoms with Gasteiger partial charge in [-0.1, -0.05) is 6.07 Å². The van der Waals surface area contributed by atoms with Crippen molar-refractivity contribution < 1.29 is 18.1 Å². The molecule has 7 nitrogen and oxygen atoms in total. The van der Waals surface area contributed by atoms with Gasteiger partial charge < -0.3 is 4.74 Å². The van der Waals surface area contributed by atoms with Crippen LogP contribution in [0.15, 0.2) is 29.2 Å². The summed E-state index contributed by atoms with van der Waals surface area (Å²) in [5.74, 6) is 0. The van der Waals surface area contributed by atoms with Crippen LogP contribution < -0.4 is 4.72 Å². The molecule has 104 valence electrons. The second kappa shape index (κ2) is 5.64. The van der Waals surface area contributed by atoms with Crippen LogP contribution in [0.1, 0.15) is 12.8 Å². The minimum atomic E-state index is -3.74. The van der Waals surface area contributed by atoms with Crippen molar-refractivity contribution >= 4 is 15.7 Å². The van der Waals surface area contributed by atoms with Crippen molar-refractivity contribution in [3.8, 4) is 0 Å². The number of sulfonamides is 1. The van der Waals surface area contributed by atoms with E-state index in [1.807, 2.05) is 0 Å². The van der Waals surface area contributed by atoms with Gasteiger partial charge in [0.15, 0.2) is 0 Å². The van der Waals surface area contributed by atoms with Crippen LogP contribution in [0.2, 0.25) is 0 Å². The van der Waals surface area contributed by atoms with E-state index in [-0.39, 0.29) is 23.2 Å². The summed E-state index contributed by atoms with van der Waals surface area (Å²) >= 11 is 0. The first-order valence-corrected chi connectivity index (χ1v) is 7.33. The summed E-state index contributed by atoms with van der Waals surface area (Å²) < 4.78 is 31.7. The van der Waals surface area contributed by atoms with Crippen molar-refractivity contribution in [3.63, 3.8) is 0 Å². The first-order chi connectivity index (χ1) is 8.99. The van der Waals surface area contributed by atoms with E-state index in [1.165, 1.54) is 18.2 Å². The molecule has 0 aromatic heterocycles. The van der Waals surface area contributed by atoms with Crippen LogP contribution in [0.25, 0.3) is 0 Å². The molecule has 0 saturated carbocycles. The Balaban J connectivity index is 2.09. The predicted molar refractivity (Wildman–Crippen MR) is 67.3 cm³/mol. The third-order valence-electron chi connectivity index (χ3n) is 2.86. The molecule has 1 fully saturated rings. The Morgan fingerprint density at radius 3 is 2.89 bits per heavy atom. The summed E-state index contributed by atoms with van der Waals surface area (Å²) in [5.41, 5.74) is -0.250. The zero-order valence-corrected chi connectivity index (χ0v) is 10.9. The van der Waals surface area contributed by atoms with Crippen LogP contribution >= 0.6 is 0 Å². The van der Waals surface area contributed by atoms with E-state index >= 15 is 0 Å². The molecule has 1 atom stereocenters. The topological polar surface area (TPSA) is 98.5 Å². The van der Waals surface area contributed by atoms with Crippen LogP contribution in [0.3, 0.4) is 0 Å². The molecular weight excluding hydrogens is 272 g/mol. The third kappa shape index (κ3) is 3.49. The standard InChI is InChI=1S/C11H14N2O5S/c14-13(15)9-3-1-5-11(7-9)19(16,17)12-8-10-4-2-6-18-10/h1,3,5,7,10,12H,2,4,6,8H2/t10-/m1/s1. The first kappa shape index (κ1) is 13.9. The Bertz CT molecular complexity index is 566. The number of hydrogen-bond acceptors (Lipinski definition) is 5. The Hall–Kier alpha value is -1.51.